The summed E-state index contributed by atoms with van der Waals surface area (Å²) in [6.07, 6.45) is 3.91. The summed E-state index contributed by atoms with van der Waals surface area (Å²) >= 11 is 0. The van der Waals surface area contributed by atoms with Gasteiger partial charge in [-0.2, -0.15) is 0 Å². The van der Waals surface area contributed by atoms with Crippen molar-refractivity contribution in [2.75, 3.05) is 26.2 Å². The number of aliphatic hydroxyl groups is 1. The zero-order valence-corrected chi connectivity index (χ0v) is 9.50. The summed E-state index contributed by atoms with van der Waals surface area (Å²) in [6, 6.07) is 1.20. The highest BCUT2D eigenvalue weighted by Crippen LogP contribution is 2.15. The molecule has 14 heavy (non-hydrogen) atoms. The minimum atomic E-state index is 0.290. The van der Waals surface area contributed by atoms with Crippen LogP contribution in [-0.2, 0) is 0 Å². The predicted octanol–water partition coefficient (Wildman–Crippen LogP) is 0.831. The van der Waals surface area contributed by atoms with E-state index < -0.39 is 0 Å². The number of rotatable bonds is 5. The molecule has 1 aliphatic rings. The standard InChI is InChI=1S/C11H24N2O/c1-10(2)12-9-11-5-3-4-6-13(11)7-8-14/h10-12,14H,3-9H2,1-2H3. The van der Waals surface area contributed by atoms with E-state index in [-0.39, 0.29) is 6.61 Å². The highest BCUT2D eigenvalue weighted by molar-refractivity contribution is 4.79. The number of hydrogen-bond acceptors (Lipinski definition) is 3. The number of nitrogens with one attached hydrogen (secondary N) is 1. The van der Waals surface area contributed by atoms with Gasteiger partial charge in [0.2, 0.25) is 0 Å². The number of nitrogens with zero attached hydrogens (tertiary/aromatic N) is 1. The summed E-state index contributed by atoms with van der Waals surface area (Å²) in [5.74, 6) is 0. The number of β-amino-alcohol motifs (C(OH)–C–C–N with tert-alkyl or cyclic N) is 1. The molecule has 1 unspecified atom stereocenters. The first kappa shape index (κ1) is 12.0. The van der Waals surface area contributed by atoms with Crippen molar-refractivity contribution in [3.63, 3.8) is 0 Å². The maximum Gasteiger partial charge on any atom is 0.0558 e. The molecule has 0 aromatic heterocycles. The third-order valence-corrected chi connectivity index (χ3v) is 2.90. The van der Waals surface area contributed by atoms with Crippen LogP contribution < -0.4 is 5.32 Å². The van der Waals surface area contributed by atoms with Gasteiger partial charge in [-0.25, -0.2) is 0 Å². The summed E-state index contributed by atoms with van der Waals surface area (Å²) in [6.45, 7) is 7.71. The Hall–Kier alpha value is -0.120. The van der Waals surface area contributed by atoms with E-state index in [0.29, 0.717) is 12.1 Å². The van der Waals surface area contributed by atoms with Crippen molar-refractivity contribution < 1.29 is 5.11 Å². The van der Waals surface area contributed by atoms with Crippen LogP contribution in [0.4, 0.5) is 0 Å². The van der Waals surface area contributed by atoms with Gasteiger partial charge >= 0.3 is 0 Å². The molecule has 0 amide bonds. The van der Waals surface area contributed by atoms with Crippen LogP contribution in [0, 0.1) is 0 Å². The molecule has 0 aromatic carbocycles. The Morgan fingerprint density at radius 3 is 2.86 bits per heavy atom. The monoisotopic (exact) mass is 200 g/mol. The summed E-state index contributed by atoms with van der Waals surface area (Å²) < 4.78 is 0. The lowest BCUT2D eigenvalue weighted by atomic mass is 10.0. The maximum atomic E-state index is 8.95. The SMILES string of the molecule is CC(C)NCC1CCCCN1CCO. The van der Waals surface area contributed by atoms with Gasteiger partial charge in [-0.3, -0.25) is 4.90 Å². The molecule has 0 radical (unpaired) electrons. The Morgan fingerprint density at radius 2 is 2.21 bits per heavy atom. The van der Waals surface area contributed by atoms with Crippen LogP contribution in [0.5, 0.6) is 0 Å². The van der Waals surface area contributed by atoms with Gasteiger partial charge in [-0.15, -0.1) is 0 Å². The minimum absolute atomic E-state index is 0.290. The van der Waals surface area contributed by atoms with Gasteiger partial charge in [0.15, 0.2) is 0 Å². The fraction of sp³-hybridized carbons (Fsp3) is 1.00. The smallest absolute Gasteiger partial charge is 0.0558 e. The van der Waals surface area contributed by atoms with Crippen LogP contribution in [0.15, 0.2) is 0 Å². The topological polar surface area (TPSA) is 35.5 Å². The van der Waals surface area contributed by atoms with Gasteiger partial charge in [-0.1, -0.05) is 20.3 Å². The fourth-order valence-electron chi connectivity index (χ4n) is 2.09. The van der Waals surface area contributed by atoms with Crippen LogP contribution in [0.2, 0.25) is 0 Å². The van der Waals surface area contributed by atoms with E-state index in [1.165, 1.54) is 19.3 Å². The van der Waals surface area contributed by atoms with Crippen LogP contribution in [-0.4, -0.2) is 48.3 Å². The zero-order chi connectivity index (χ0) is 10.4. The lowest BCUT2D eigenvalue weighted by Crippen LogP contribution is -2.47. The molecular weight excluding hydrogens is 176 g/mol. The highest BCUT2D eigenvalue weighted by atomic mass is 16.3. The van der Waals surface area contributed by atoms with Crippen molar-refractivity contribution in [1.29, 1.82) is 0 Å². The van der Waals surface area contributed by atoms with E-state index in [1.54, 1.807) is 0 Å². The zero-order valence-electron chi connectivity index (χ0n) is 9.50. The molecular formula is C11H24N2O. The Morgan fingerprint density at radius 1 is 1.43 bits per heavy atom. The maximum absolute atomic E-state index is 8.95. The second-order valence-corrected chi connectivity index (χ2v) is 4.47. The van der Waals surface area contributed by atoms with E-state index in [2.05, 4.69) is 24.1 Å². The quantitative estimate of drug-likeness (QED) is 0.690. The summed E-state index contributed by atoms with van der Waals surface area (Å²) in [5.41, 5.74) is 0. The fourth-order valence-corrected chi connectivity index (χ4v) is 2.09. The van der Waals surface area contributed by atoms with Gasteiger partial charge in [-0.05, 0) is 19.4 Å². The molecule has 1 saturated heterocycles. The van der Waals surface area contributed by atoms with Crippen LogP contribution >= 0.6 is 0 Å². The summed E-state index contributed by atoms with van der Waals surface area (Å²) in [4.78, 5) is 2.42. The number of hydrogen-bond donors (Lipinski definition) is 2. The van der Waals surface area contributed by atoms with Crippen molar-refractivity contribution >= 4 is 0 Å². The molecule has 0 aromatic rings. The molecule has 0 bridgehead atoms. The van der Waals surface area contributed by atoms with E-state index >= 15 is 0 Å². The Kier molecular flexibility index (Phi) is 5.45. The van der Waals surface area contributed by atoms with Gasteiger partial charge in [0.1, 0.15) is 0 Å². The molecule has 1 heterocycles. The van der Waals surface area contributed by atoms with Gasteiger partial charge < -0.3 is 10.4 Å². The van der Waals surface area contributed by atoms with Gasteiger partial charge in [0.05, 0.1) is 6.61 Å². The molecule has 2 N–H and O–H groups in total. The lowest BCUT2D eigenvalue weighted by molar-refractivity contribution is 0.114. The van der Waals surface area contributed by atoms with Crippen LogP contribution in [0.25, 0.3) is 0 Å². The Labute approximate surface area is 87.5 Å². The van der Waals surface area contributed by atoms with E-state index in [1.807, 2.05) is 0 Å². The second kappa shape index (κ2) is 6.38. The first-order valence-corrected chi connectivity index (χ1v) is 5.82. The lowest BCUT2D eigenvalue weighted by Gasteiger charge is -2.35. The van der Waals surface area contributed by atoms with Crippen molar-refractivity contribution in [1.82, 2.24) is 10.2 Å². The summed E-state index contributed by atoms with van der Waals surface area (Å²) in [5, 5.41) is 12.4. The summed E-state index contributed by atoms with van der Waals surface area (Å²) in [7, 11) is 0. The molecule has 3 heteroatoms. The van der Waals surface area contributed by atoms with E-state index in [4.69, 9.17) is 5.11 Å². The molecule has 1 fully saturated rings. The molecule has 1 rings (SSSR count). The molecule has 0 saturated carbocycles. The molecule has 0 spiro atoms. The first-order valence-electron chi connectivity index (χ1n) is 5.82. The molecule has 0 aliphatic carbocycles. The van der Waals surface area contributed by atoms with Gasteiger partial charge in [0.25, 0.3) is 0 Å². The molecule has 84 valence electrons. The van der Waals surface area contributed by atoms with Crippen molar-refractivity contribution in [2.45, 2.75) is 45.2 Å². The Balaban J connectivity index is 2.30. The third-order valence-electron chi connectivity index (χ3n) is 2.90. The molecule has 1 aliphatic heterocycles. The van der Waals surface area contributed by atoms with E-state index in [9.17, 15) is 0 Å². The number of likely N-dealkylation sites (tertiary alicyclic amines) is 1. The van der Waals surface area contributed by atoms with Crippen molar-refractivity contribution in [3.05, 3.63) is 0 Å². The number of aliphatic hydroxyl groups excluding tert-OH is 1. The second-order valence-electron chi connectivity index (χ2n) is 4.47. The van der Waals surface area contributed by atoms with Crippen LogP contribution in [0.3, 0.4) is 0 Å². The predicted molar refractivity (Wildman–Crippen MR) is 59.4 cm³/mol. The van der Waals surface area contributed by atoms with Crippen molar-refractivity contribution in [3.8, 4) is 0 Å². The third kappa shape index (κ3) is 3.95. The largest absolute Gasteiger partial charge is 0.395 e. The normalized spacial score (nSPS) is 24.4. The average Bonchev–Trinajstić information content (AvgIpc) is 2.17. The minimum Gasteiger partial charge on any atom is -0.395 e. The van der Waals surface area contributed by atoms with Gasteiger partial charge in [0, 0.05) is 25.2 Å². The highest BCUT2D eigenvalue weighted by Gasteiger charge is 2.21. The molecule has 1 atom stereocenters. The Bertz CT molecular complexity index is 148. The first-order chi connectivity index (χ1) is 6.74. The van der Waals surface area contributed by atoms with E-state index in [0.717, 1.165) is 19.6 Å². The van der Waals surface area contributed by atoms with Crippen molar-refractivity contribution in [2.24, 2.45) is 0 Å². The number of piperidine rings is 1. The molecule has 3 nitrogen and oxygen atoms in total. The van der Waals surface area contributed by atoms with Crippen LogP contribution in [0.1, 0.15) is 33.1 Å². The average molecular weight is 200 g/mol.